The van der Waals surface area contributed by atoms with E-state index in [1.54, 1.807) is 12.1 Å². The number of rotatable bonds is 4. The van der Waals surface area contributed by atoms with E-state index in [-0.39, 0.29) is 17.9 Å². The van der Waals surface area contributed by atoms with E-state index in [2.05, 4.69) is 21.2 Å². The highest BCUT2D eigenvalue weighted by Crippen LogP contribution is 2.40. The van der Waals surface area contributed by atoms with Crippen molar-refractivity contribution in [1.29, 1.82) is 0 Å². The van der Waals surface area contributed by atoms with Crippen molar-refractivity contribution in [2.75, 3.05) is 10.2 Å². The van der Waals surface area contributed by atoms with Crippen LogP contribution in [-0.4, -0.2) is 23.1 Å². The van der Waals surface area contributed by atoms with E-state index in [9.17, 15) is 14.7 Å². The SMILES string of the molecule is CC(CC(=O)Nc1c(Br)ccc2c1CC[C@H](C)N2C(=O)O)c1ccccc1. The molecule has 5 nitrogen and oxygen atoms in total. The van der Waals surface area contributed by atoms with Gasteiger partial charge < -0.3 is 10.4 Å². The highest BCUT2D eigenvalue weighted by Gasteiger charge is 2.30. The first-order valence-electron chi connectivity index (χ1n) is 9.06. The third-order valence-electron chi connectivity index (χ3n) is 5.08. The molecule has 0 aromatic heterocycles. The number of benzene rings is 2. The Morgan fingerprint density at radius 3 is 2.63 bits per heavy atom. The maximum atomic E-state index is 12.7. The minimum atomic E-state index is -0.972. The maximum Gasteiger partial charge on any atom is 0.412 e. The zero-order valence-electron chi connectivity index (χ0n) is 15.4. The van der Waals surface area contributed by atoms with Crippen LogP contribution in [0.15, 0.2) is 46.9 Å². The Morgan fingerprint density at radius 2 is 1.96 bits per heavy atom. The summed E-state index contributed by atoms with van der Waals surface area (Å²) in [6.45, 7) is 3.93. The molecular formula is C21H23BrN2O3. The Kier molecular flexibility index (Phi) is 5.85. The van der Waals surface area contributed by atoms with Crippen molar-refractivity contribution < 1.29 is 14.7 Å². The van der Waals surface area contributed by atoms with Crippen molar-refractivity contribution in [1.82, 2.24) is 0 Å². The van der Waals surface area contributed by atoms with Gasteiger partial charge in [-0.2, -0.15) is 0 Å². The van der Waals surface area contributed by atoms with Crippen LogP contribution >= 0.6 is 15.9 Å². The number of anilines is 2. The average molecular weight is 431 g/mol. The fourth-order valence-corrected chi connectivity index (χ4v) is 4.07. The number of fused-ring (bicyclic) bond motifs is 1. The summed E-state index contributed by atoms with van der Waals surface area (Å²) in [4.78, 5) is 25.7. The molecule has 0 saturated heterocycles. The van der Waals surface area contributed by atoms with Crippen molar-refractivity contribution in [2.45, 2.75) is 45.1 Å². The van der Waals surface area contributed by atoms with Crippen LogP contribution in [0.25, 0.3) is 0 Å². The van der Waals surface area contributed by atoms with E-state index in [1.807, 2.05) is 44.2 Å². The molecule has 0 saturated carbocycles. The third kappa shape index (κ3) is 4.16. The van der Waals surface area contributed by atoms with Gasteiger partial charge in [0.1, 0.15) is 0 Å². The summed E-state index contributed by atoms with van der Waals surface area (Å²) in [6.07, 6.45) is 0.836. The minimum absolute atomic E-state index is 0.0825. The highest BCUT2D eigenvalue weighted by atomic mass is 79.9. The molecule has 3 rings (SSSR count). The topological polar surface area (TPSA) is 69.6 Å². The second-order valence-electron chi connectivity index (χ2n) is 7.02. The zero-order valence-corrected chi connectivity index (χ0v) is 17.0. The molecule has 6 heteroatoms. The van der Waals surface area contributed by atoms with E-state index in [0.29, 0.717) is 17.8 Å². The number of nitrogens with zero attached hydrogens (tertiary/aromatic N) is 1. The molecule has 2 aromatic carbocycles. The Bertz CT molecular complexity index is 854. The van der Waals surface area contributed by atoms with Crippen LogP contribution in [0.3, 0.4) is 0 Å². The summed E-state index contributed by atoms with van der Waals surface area (Å²) in [5, 5.41) is 12.6. The van der Waals surface area contributed by atoms with Crippen LogP contribution in [0.5, 0.6) is 0 Å². The van der Waals surface area contributed by atoms with Gasteiger partial charge in [0, 0.05) is 22.5 Å². The highest BCUT2D eigenvalue weighted by molar-refractivity contribution is 9.10. The Balaban J connectivity index is 1.83. The van der Waals surface area contributed by atoms with Crippen LogP contribution in [0.2, 0.25) is 0 Å². The summed E-state index contributed by atoms with van der Waals surface area (Å²) < 4.78 is 0.766. The Labute approximate surface area is 167 Å². The molecule has 1 aliphatic rings. The van der Waals surface area contributed by atoms with Crippen LogP contribution in [0.1, 0.15) is 43.7 Å². The number of carbonyl (C=O) groups is 2. The zero-order chi connectivity index (χ0) is 19.6. The monoisotopic (exact) mass is 430 g/mol. The first-order valence-corrected chi connectivity index (χ1v) is 9.86. The summed E-state index contributed by atoms with van der Waals surface area (Å²) in [5.41, 5.74) is 3.31. The number of nitrogens with one attached hydrogen (secondary N) is 1. The lowest BCUT2D eigenvalue weighted by Crippen LogP contribution is -2.41. The van der Waals surface area contributed by atoms with Crippen LogP contribution in [-0.2, 0) is 11.2 Å². The Morgan fingerprint density at radius 1 is 1.26 bits per heavy atom. The molecule has 0 bridgehead atoms. The van der Waals surface area contributed by atoms with Crippen LogP contribution in [0, 0.1) is 0 Å². The first kappa shape index (κ1) is 19.4. The van der Waals surface area contributed by atoms with Crippen LogP contribution in [0.4, 0.5) is 16.2 Å². The fraction of sp³-hybridized carbons (Fsp3) is 0.333. The number of hydrogen-bond donors (Lipinski definition) is 2. The number of halogens is 1. The predicted octanol–water partition coefficient (Wildman–Crippen LogP) is 5.40. The molecule has 1 aliphatic heterocycles. The van der Waals surface area contributed by atoms with E-state index in [0.717, 1.165) is 28.4 Å². The molecule has 2 aromatic rings. The number of carbonyl (C=O) groups excluding carboxylic acids is 1. The molecule has 1 heterocycles. The van der Waals surface area contributed by atoms with Crippen molar-refractivity contribution in [3.8, 4) is 0 Å². The molecular weight excluding hydrogens is 408 g/mol. The van der Waals surface area contributed by atoms with Gasteiger partial charge in [-0.3, -0.25) is 9.69 Å². The summed E-state index contributed by atoms with van der Waals surface area (Å²) in [6, 6.07) is 13.4. The summed E-state index contributed by atoms with van der Waals surface area (Å²) in [5.74, 6) is 0.0148. The molecule has 27 heavy (non-hydrogen) atoms. The van der Waals surface area contributed by atoms with Crippen LogP contribution < -0.4 is 10.2 Å². The van der Waals surface area contributed by atoms with Gasteiger partial charge in [-0.1, -0.05) is 37.3 Å². The number of carboxylic acid groups (broad SMARTS) is 1. The average Bonchev–Trinajstić information content (AvgIpc) is 2.64. The number of hydrogen-bond acceptors (Lipinski definition) is 2. The lowest BCUT2D eigenvalue weighted by atomic mass is 9.94. The molecule has 0 spiro atoms. The van der Waals surface area contributed by atoms with Crippen molar-refractivity contribution in [3.05, 3.63) is 58.1 Å². The van der Waals surface area contributed by atoms with Gasteiger partial charge in [-0.05, 0) is 59.3 Å². The van der Waals surface area contributed by atoms with E-state index < -0.39 is 6.09 Å². The molecule has 1 unspecified atom stereocenters. The maximum absolute atomic E-state index is 12.7. The molecule has 0 aliphatic carbocycles. The smallest absolute Gasteiger partial charge is 0.412 e. The van der Waals surface area contributed by atoms with Gasteiger partial charge in [0.25, 0.3) is 0 Å². The van der Waals surface area contributed by atoms with E-state index in [4.69, 9.17) is 0 Å². The second kappa shape index (κ2) is 8.13. The van der Waals surface area contributed by atoms with Gasteiger partial charge >= 0.3 is 6.09 Å². The van der Waals surface area contributed by atoms with Gasteiger partial charge in [0.2, 0.25) is 5.91 Å². The van der Waals surface area contributed by atoms with Gasteiger partial charge in [0.15, 0.2) is 0 Å². The molecule has 2 N–H and O–H groups in total. The lowest BCUT2D eigenvalue weighted by molar-refractivity contribution is -0.116. The van der Waals surface area contributed by atoms with Gasteiger partial charge in [0.05, 0.1) is 11.4 Å². The predicted molar refractivity (Wildman–Crippen MR) is 111 cm³/mol. The van der Waals surface area contributed by atoms with Crippen molar-refractivity contribution in [2.24, 2.45) is 0 Å². The third-order valence-corrected chi connectivity index (χ3v) is 5.74. The molecule has 2 atom stereocenters. The lowest BCUT2D eigenvalue weighted by Gasteiger charge is -2.34. The Hall–Kier alpha value is -2.34. The summed E-state index contributed by atoms with van der Waals surface area (Å²) >= 11 is 3.51. The van der Waals surface area contributed by atoms with E-state index in [1.165, 1.54) is 4.90 Å². The summed E-state index contributed by atoms with van der Waals surface area (Å²) in [7, 11) is 0. The molecule has 0 fully saturated rings. The molecule has 142 valence electrons. The second-order valence-corrected chi connectivity index (χ2v) is 7.88. The normalized spacial score (nSPS) is 17.1. The standard InChI is InChI=1S/C21H23BrN2O3/c1-13(15-6-4-3-5-7-15)12-19(25)23-20-16-9-8-14(2)24(21(26)27)18(16)11-10-17(20)22/h3-7,10-11,13-14H,8-9,12H2,1-2H3,(H,23,25)(H,26,27)/t13?,14-/m0/s1. The minimum Gasteiger partial charge on any atom is -0.465 e. The van der Waals surface area contributed by atoms with Gasteiger partial charge in [-0.25, -0.2) is 4.79 Å². The van der Waals surface area contributed by atoms with Crippen molar-refractivity contribution in [3.63, 3.8) is 0 Å². The number of amides is 2. The molecule has 2 amide bonds. The van der Waals surface area contributed by atoms with Crippen molar-refractivity contribution >= 4 is 39.3 Å². The quantitative estimate of drug-likeness (QED) is 0.681. The van der Waals surface area contributed by atoms with E-state index >= 15 is 0 Å². The van der Waals surface area contributed by atoms with Gasteiger partial charge in [-0.15, -0.1) is 0 Å². The largest absolute Gasteiger partial charge is 0.465 e. The molecule has 0 radical (unpaired) electrons. The first-order chi connectivity index (χ1) is 12.9. The fourth-order valence-electron chi connectivity index (χ4n) is 3.60.